The molecule has 1 heterocycles. The highest BCUT2D eigenvalue weighted by Crippen LogP contribution is 2.22. The van der Waals surface area contributed by atoms with Crippen molar-refractivity contribution in [1.29, 1.82) is 0 Å². The molecule has 15 heavy (non-hydrogen) atoms. The van der Waals surface area contributed by atoms with Crippen LogP contribution in [0.2, 0.25) is 0 Å². The van der Waals surface area contributed by atoms with Crippen LogP contribution in [0.3, 0.4) is 0 Å². The van der Waals surface area contributed by atoms with E-state index in [1.54, 1.807) is 0 Å². The summed E-state index contributed by atoms with van der Waals surface area (Å²) in [6.45, 7) is 6.05. The molecule has 2 aliphatic rings. The first-order valence-corrected chi connectivity index (χ1v) is 6.83. The fourth-order valence-corrected chi connectivity index (χ4v) is 3.09. The summed E-state index contributed by atoms with van der Waals surface area (Å²) >= 11 is 0. The molecule has 1 atom stereocenters. The molecule has 1 N–H and O–H groups in total. The molecule has 1 unspecified atom stereocenters. The van der Waals surface area contributed by atoms with Gasteiger partial charge in [-0.1, -0.05) is 32.1 Å². The Morgan fingerprint density at radius 1 is 1.00 bits per heavy atom. The van der Waals surface area contributed by atoms with E-state index in [0.717, 1.165) is 6.04 Å². The maximum Gasteiger partial charge on any atom is 0.0167 e. The van der Waals surface area contributed by atoms with Crippen molar-refractivity contribution < 1.29 is 0 Å². The summed E-state index contributed by atoms with van der Waals surface area (Å²) in [5.74, 6) is 0. The van der Waals surface area contributed by atoms with Crippen LogP contribution in [0, 0.1) is 0 Å². The van der Waals surface area contributed by atoms with Gasteiger partial charge in [-0.2, -0.15) is 0 Å². The molecular formula is C13H26N2. The van der Waals surface area contributed by atoms with E-state index < -0.39 is 0 Å². The van der Waals surface area contributed by atoms with Crippen molar-refractivity contribution in [2.24, 2.45) is 0 Å². The molecular weight excluding hydrogens is 184 g/mol. The van der Waals surface area contributed by atoms with E-state index >= 15 is 0 Å². The molecule has 1 aliphatic carbocycles. The Hall–Kier alpha value is -0.0800. The average molecular weight is 210 g/mol. The van der Waals surface area contributed by atoms with E-state index in [-0.39, 0.29) is 0 Å². The number of hydrogen-bond acceptors (Lipinski definition) is 2. The van der Waals surface area contributed by atoms with Gasteiger partial charge in [0, 0.05) is 31.7 Å². The summed E-state index contributed by atoms with van der Waals surface area (Å²) in [6, 6.07) is 1.60. The standard InChI is InChI=1S/C13H26N2/c1-12-11-15(10-9-14-12)13-7-5-3-2-4-6-8-13/h12-14H,2-11H2,1H3. The van der Waals surface area contributed by atoms with E-state index in [1.165, 1.54) is 64.6 Å². The summed E-state index contributed by atoms with van der Waals surface area (Å²) in [5, 5.41) is 3.54. The minimum Gasteiger partial charge on any atom is -0.312 e. The van der Waals surface area contributed by atoms with Crippen molar-refractivity contribution >= 4 is 0 Å². The lowest BCUT2D eigenvalue weighted by atomic mass is 9.95. The molecule has 2 heteroatoms. The van der Waals surface area contributed by atoms with Crippen LogP contribution in [0.5, 0.6) is 0 Å². The highest BCUT2D eigenvalue weighted by molar-refractivity contribution is 4.81. The third kappa shape index (κ3) is 3.46. The molecule has 0 aromatic rings. The molecule has 0 radical (unpaired) electrons. The van der Waals surface area contributed by atoms with Gasteiger partial charge in [0.25, 0.3) is 0 Å². The van der Waals surface area contributed by atoms with Crippen molar-refractivity contribution in [2.75, 3.05) is 19.6 Å². The van der Waals surface area contributed by atoms with Gasteiger partial charge in [-0.15, -0.1) is 0 Å². The average Bonchev–Trinajstić information content (AvgIpc) is 2.16. The van der Waals surface area contributed by atoms with Crippen molar-refractivity contribution in [3.63, 3.8) is 0 Å². The lowest BCUT2D eigenvalue weighted by Gasteiger charge is -2.38. The second-order valence-electron chi connectivity index (χ2n) is 5.35. The first kappa shape index (κ1) is 11.4. The van der Waals surface area contributed by atoms with Crippen LogP contribution < -0.4 is 5.32 Å². The SMILES string of the molecule is CC1CN(C2CCCCCCC2)CCN1. The van der Waals surface area contributed by atoms with E-state index in [4.69, 9.17) is 0 Å². The van der Waals surface area contributed by atoms with Crippen LogP contribution in [0.1, 0.15) is 51.9 Å². The molecule has 0 amide bonds. The van der Waals surface area contributed by atoms with Crippen molar-refractivity contribution in [2.45, 2.75) is 64.0 Å². The summed E-state index contributed by atoms with van der Waals surface area (Å²) in [6.07, 6.45) is 10.2. The topological polar surface area (TPSA) is 15.3 Å². The lowest BCUT2D eigenvalue weighted by Crippen LogP contribution is -2.52. The van der Waals surface area contributed by atoms with Crippen LogP contribution in [0.4, 0.5) is 0 Å². The van der Waals surface area contributed by atoms with Crippen molar-refractivity contribution in [1.82, 2.24) is 10.2 Å². The molecule has 1 saturated heterocycles. The molecule has 2 rings (SSSR count). The molecule has 1 saturated carbocycles. The number of piperazine rings is 1. The minimum absolute atomic E-state index is 0.698. The Labute approximate surface area is 94.4 Å². The van der Waals surface area contributed by atoms with Crippen LogP contribution in [-0.2, 0) is 0 Å². The van der Waals surface area contributed by atoms with Gasteiger partial charge in [-0.05, 0) is 19.8 Å². The number of hydrogen-bond donors (Lipinski definition) is 1. The molecule has 88 valence electrons. The van der Waals surface area contributed by atoms with Crippen LogP contribution >= 0.6 is 0 Å². The smallest absolute Gasteiger partial charge is 0.0167 e. The number of rotatable bonds is 1. The van der Waals surface area contributed by atoms with Gasteiger partial charge >= 0.3 is 0 Å². The normalized spacial score (nSPS) is 32.2. The van der Waals surface area contributed by atoms with Crippen molar-refractivity contribution in [3.8, 4) is 0 Å². The summed E-state index contributed by atoms with van der Waals surface area (Å²) in [4.78, 5) is 2.74. The molecule has 0 aromatic carbocycles. The molecule has 1 aliphatic heterocycles. The van der Waals surface area contributed by atoms with E-state index in [1.807, 2.05) is 0 Å². The number of nitrogens with zero attached hydrogens (tertiary/aromatic N) is 1. The van der Waals surface area contributed by atoms with Gasteiger partial charge in [-0.25, -0.2) is 0 Å². The quantitative estimate of drug-likeness (QED) is 0.715. The first-order valence-electron chi connectivity index (χ1n) is 6.83. The van der Waals surface area contributed by atoms with Crippen LogP contribution in [0.25, 0.3) is 0 Å². The zero-order valence-corrected chi connectivity index (χ0v) is 10.2. The van der Waals surface area contributed by atoms with E-state index in [0.29, 0.717) is 6.04 Å². The van der Waals surface area contributed by atoms with Gasteiger partial charge in [0.05, 0.1) is 0 Å². The summed E-state index contributed by atoms with van der Waals surface area (Å²) in [5.41, 5.74) is 0. The highest BCUT2D eigenvalue weighted by Gasteiger charge is 2.23. The maximum atomic E-state index is 3.54. The van der Waals surface area contributed by atoms with Gasteiger partial charge in [0.1, 0.15) is 0 Å². The largest absolute Gasteiger partial charge is 0.312 e. The maximum absolute atomic E-state index is 3.54. The Kier molecular flexibility index (Phi) is 4.45. The zero-order valence-electron chi connectivity index (χ0n) is 10.2. The second kappa shape index (κ2) is 5.86. The predicted molar refractivity (Wildman–Crippen MR) is 65.1 cm³/mol. The minimum atomic E-state index is 0.698. The molecule has 2 nitrogen and oxygen atoms in total. The third-order valence-electron chi connectivity index (χ3n) is 3.99. The molecule has 0 aromatic heterocycles. The van der Waals surface area contributed by atoms with E-state index in [9.17, 15) is 0 Å². The molecule has 0 spiro atoms. The summed E-state index contributed by atoms with van der Waals surface area (Å²) < 4.78 is 0. The molecule has 2 fully saturated rings. The predicted octanol–water partition coefficient (Wildman–Crippen LogP) is 2.39. The van der Waals surface area contributed by atoms with Gasteiger partial charge in [0.15, 0.2) is 0 Å². The monoisotopic (exact) mass is 210 g/mol. The van der Waals surface area contributed by atoms with Crippen LogP contribution in [-0.4, -0.2) is 36.6 Å². The lowest BCUT2D eigenvalue weighted by molar-refractivity contribution is 0.127. The Balaban J connectivity index is 1.83. The fourth-order valence-electron chi connectivity index (χ4n) is 3.09. The Morgan fingerprint density at radius 2 is 1.67 bits per heavy atom. The third-order valence-corrected chi connectivity index (χ3v) is 3.99. The number of nitrogens with one attached hydrogen (secondary N) is 1. The zero-order chi connectivity index (χ0) is 10.5. The Bertz CT molecular complexity index is 173. The second-order valence-corrected chi connectivity index (χ2v) is 5.35. The first-order chi connectivity index (χ1) is 7.36. The summed E-state index contributed by atoms with van der Waals surface area (Å²) in [7, 11) is 0. The van der Waals surface area contributed by atoms with Gasteiger partial charge in [0.2, 0.25) is 0 Å². The highest BCUT2D eigenvalue weighted by atomic mass is 15.2. The van der Waals surface area contributed by atoms with Gasteiger partial charge in [-0.3, -0.25) is 4.90 Å². The Morgan fingerprint density at radius 3 is 2.33 bits per heavy atom. The fraction of sp³-hybridized carbons (Fsp3) is 1.00. The van der Waals surface area contributed by atoms with Crippen molar-refractivity contribution in [3.05, 3.63) is 0 Å². The molecule has 0 bridgehead atoms. The van der Waals surface area contributed by atoms with Crippen LogP contribution in [0.15, 0.2) is 0 Å². The van der Waals surface area contributed by atoms with E-state index in [2.05, 4.69) is 17.1 Å². The van der Waals surface area contributed by atoms with Gasteiger partial charge < -0.3 is 5.32 Å².